The van der Waals surface area contributed by atoms with Crippen molar-refractivity contribution in [3.05, 3.63) is 71.5 Å². The molecule has 43 heavy (non-hydrogen) atoms. The highest BCUT2D eigenvalue weighted by Gasteiger charge is 2.30. The zero-order valence-electron chi connectivity index (χ0n) is 24.8. The Bertz CT molecular complexity index is 1190. The number of amides is 4. The first kappa shape index (κ1) is 33.5. The van der Waals surface area contributed by atoms with Gasteiger partial charge in [0.2, 0.25) is 17.7 Å². The van der Waals surface area contributed by atoms with Crippen LogP contribution in [0.1, 0.15) is 57.1 Å². The van der Waals surface area contributed by atoms with Crippen LogP contribution in [0.25, 0.3) is 0 Å². The average Bonchev–Trinajstić information content (AvgIpc) is 2.99. The molecule has 4 amide bonds. The topological polar surface area (TPSA) is 146 Å². The van der Waals surface area contributed by atoms with Gasteiger partial charge in [-0.2, -0.15) is 0 Å². The molecule has 0 bridgehead atoms. The first-order valence-corrected chi connectivity index (χ1v) is 14.9. The summed E-state index contributed by atoms with van der Waals surface area (Å²) >= 11 is 0. The van der Waals surface area contributed by atoms with Gasteiger partial charge in [-0.15, -0.1) is 0 Å². The predicted molar refractivity (Wildman–Crippen MR) is 159 cm³/mol. The summed E-state index contributed by atoms with van der Waals surface area (Å²) in [5, 5.41) is 20.9. The van der Waals surface area contributed by atoms with Gasteiger partial charge in [0.1, 0.15) is 24.5 Å². The van der Waals surface area contributed by atoms with Crippen molar-refractivity contribution < 1.29 is 33.4 Å². The number of piperidine rings is 1. The molecule has 0 aromatic heterocycles. The molecule has 234 valence electrons. The third-order valence-electron chi connectivity index (χ3n) is 7.34. The Morgan fingerprint density at radius 1 is 0.977 bits per heavy atom. The van der Waals surface area contributed by atoms with E-state index < -0.39 is 41.9 Å². The minimum absolute atomic E-state index is 0.000998. The standard InChI is InChI=1S/C32H43FN4O6/c1-21(2)17-27(30(40)35-26(19-38)15-12-24-9-6-16-34-29(24)39)36-31(41)28(18-22-10-13-25(33)14-11-22)37-32(42)43-20-23-7-4-3-5-8-23/h3-5,7-8,10-11,13-14,21,24,26-28,38H,6,9,12,15-20H2,1-2H3,(H,34,39)(H,35,40)(H,36,41)(H,37,42)/t24?,26-,27-,28-/m0/s1. The summed E-state index contributed by atoms with van der Waals surface area (Å²) in [4.78, 5) is 51.6. The summed E-state index contributed by atoms with van der Waals surface area (Å²) in [6.07, 6.45) is 2.11. The van der Waals surface area contributed by atoms with Gasteiger partial charge in [0, 0.05) is 18.9 Å². The summed E-state index contributed by atoms with van der Waals surface area (Å²) in [7, 11) is 0. The van der Waals surface area contributed by atoms with Gasteiger partial charge in [-0.1, -0.05) is 56.3 Å². The van der Waals surface area contributed by atoms with Crippen LogP contribution in [0.5, 0.6) is 0 Å². The number of rotatable bonds is 15. The molecular weight excluding hydrogens is 555 g/mol. The highest BCUT2D eigenvalue weighted by atomic mass is 19.1. The fourth-order valence-corrected chi connectivity index (χ4v) is 4.97. The van der Waals surface area contributed by atoms with Crippen LogP contribution < -0.4 is 21.3 Å². The van der Waals surface area contributed by atoms with E-state index in [2.05, 4.69) is 21.3 Å². The van der Waals surface area contributed by atoms with Crippen molar-refractivity contribution >= 4 is 23.8 Å². The van der Waals surface area contributed by atoms with E-state index >= 15 is 0 Å². The van der Waals surface area contributed by atoms with Crippen molar-refractivity contribution in [2.75, 3.05) is 13.2 Å². The summed E-state index contributed by atoms with van der Waals surface area (Å²) in [5.74, 6) is -1.65. The molecule has 5 N–H and O–H groups in total. The maximum absolute atomic E-state index is 13.5. The number of hydrogen-bond donors (Lipinski definition) is 5. The Hall–Kier alpha value is -3.99. The molecule has 2 aromatic carbocycles. The second-order valence-electron chi connectivity index (χ2n) is 11.4. The number of aliphatic hydroxyl groups excluding tert-OH is 1. The quantitative estimate of drug-likeness (QED) is 0.213. The highest BCUT2D eigenvalue weighted by molar-refractivity contribution is 5.91. The van der Waals surface area contributed by atoms with Crippen LogP contribution in [0.2, 0.25) is 0 Å². The van der Waals surface area contributed by atoms with Crippen molar-refractivity contribution in [3.8, 4) is 0 Å². The number of carbonyl (C=O) groups is 4. The molecule has 1 fully saturated rings. The van der Waals surface area contributed by atoms with Crippen molar-refractivity contribution in [1.29, 1.82) is 0 Å². The van der Waals surface area contributed by atoms with Crippen LogP contribution in [0.15, 0.2) is 54.6 Å². The van der Waals surface area contributed by atoms with Gasteiger partial charge in [0.15, 0.2) is 0 Å². The Morgan fingerprint density at radius 2 is 1.67 bits per heavy atom. The monoisotopic (exact) mass is 598 g/mol. The fourth-order valence-electron chi connectivity index (χ4n) is 4.97. The van der Waals surface area contributed by atoms with Gasteiger partial charge >= 0.3 is 6.09 Å². The number of aliphatic hydroxyl groups is 1. The highest BCUT2D eigenvalue weighted by Crippen LogP contribution is 2.18. The lowest BCUT2D eigenvalue weighted by atomic mass is 9.92. The van der Waals surface area contributed by atoms with Gasteiger partial charge in [0.05, 0.1) is 12.6 Å². The number of nitrogens with one attached hydrogen (secondary N) is 4. The van der Waals surface area contributed by atoms with E-state index in [0.717, 1.165) is 18.4 Å². The Morgan fingerprint density at radius 3 is 2.33 bits per heavy atom. The summed E-state index contributed by atoms with van der Waals surface area (Å²) < 4.78 is 18.8. The van der Waals surface area contributed by atoms with Crippen molar-refractivity contribution in [3.63, 3.8) is 0 Å². The molecule has 1 saturated heterocycles. The smallest absolute Gasteiger partial charge is 0.408 e. The van der Waals surface area contributed by atoms with Crippen LogP contribution in [0.3, 0.4) is 0 Å². The van der Waals surface area contributed by atoms with E-state index in [1.54, 1.807) is 12.1 Å². The molecular formula is C32H43FN4O6. The van der Waals surface area contributed by atoms with Crippen molar-refractivity contribution in [2.24, 2.45) is 11.8 Å². The predicted octanol–water partition coefficient (Wildman–Crippen LogP) is 2.98. The number of benzene rings is 2. The van der Waals surface area contributed by atoms with E-state index in [9.17, 15) is 28.7 Å². The van der Waals surface area contributed by atoms with Crippen LogP contribution in [-0.4, -0.2) is 60.2 Å². The molecule has 1 unspecified atom stereocenters. The molecule has 4 atom stereocenters. The Labute approximate surface area is 252 Å². The molecule has 2 aromatic rings. The van der Waals surface area contributed by atoms with Gasteiger partial charge in [-0.3, -0.25) is 14.4 Å². The van der Waals surface area contributed by atoms with Crippen molar-refractivity contribution in [1.82, 2.24) is 21.3 Å². The lowest BCUT2D eigenvalue weighted by Crippen LogP contribution is -2.56. The number of carbonyl (C=O) groups excluding carboxylic acids is 4. The van der Waals surface area contributed by atoms with Gasteiger partial charge in [0.25, 0.3) is 0 Å². The molecule has 1 aliphatic heterocycles. The molecule has 11 heteroatoms. The number of hydrogen-bond acceptors (Lipinski definition) is 6. The maximum atomic E-state index is 13.5. The van der Waals surface area contributed by atoms with Crippen molar-refractivity contribution in [2.45, 2.75) is 77.1 Å². The van der Waals surface area contributed by atoms with E-state index in [0.29, 0.717) is 31.4 Å². The van der Waals surface area contributed by atoms with E-state index in [1.807, 2.05) is 32.0 Å². The molecule has 1 heterocycles. The fraction of sp³-hybridized carbons (Fsp3) is 0.500. The van der Waals surface area contributed by atoms with Gasteiger partial charge < -0.3 is 31.1 Å². The summed E-state index contributed by atoms with van der Waals surface area (Å²) in [5.41, 5.74) is 1.37. The number of alkyl carbamates (subject to hydrolysis) is 1. The minimum Gasteiger partial charge on any atom is -0.445 e. The normalized spacial score (nSPS) is 16.9. The summed E-state index contributed by atoms with van der Waals surface area (Å²) in [6.45, 7) is 4.17. The Kier molecular flexibility index (Phi) is 13.4. The zero-order chi connectivity index (χ0) is 31.2. The number of halogens is 1. The van der Waals surface area contributed by atoms with E-state index in [-0.39, 0.29) is 37.4 Å². The molecule has 0 radical (unpaired) electrons. The van der Waals surface area contributed by atoms with Gasteiger partial charge in [-0.25, -0.2) is 9.18 Å². The molecule has 0 spiro atoms. The zero-order valence-corrected chi connectivity index (χ0v) is 24.8. The minimum atomic E-state index is -1.12. The lowest BCUT2D eigenvalue weighted by molar-refractivity contribution is -0.131. The molecule has 3 rings (SSSR count). The van der Waals surface area contributed by atoms with E-state index in [4.69, 9.17) is 4.74 Å². The van der Waals surface area contributed by atoms with Crippen LogP contribution in [0.4, 0.5) is 9.18 Å². The first-order valence-electron chi connectivity index (χ1n) is 14.9. The second-order valence-corrected chi connectivity index (χ2v) is 11.4. The molecule has 10 nitrogen and oxygen atoms in total. The SMILES string of the molecule is CC(C)C[C@H](NC(=O)[C@H](Cc1ccc(F)cc1)NC(=O)OCc1ccccc1)C(=O)N[C@H](CO)CCC1CCCNC1=O. The number of ether oxygens (including phenoxy) is 1. The van der Waals surface area contributed by atoms with Gasteiger partial charge in [-0.05, 0) is 61.3 Å². The largest absolute Gasteiger partial charge is 0.445 e. The van der Waals surface area contributed by atoms with Crippen LogP contribution >= 0.6 is 0 Å². The molecule has 0 saturated carbocycles. The summed E-state index contributed by atoms with van der Waals surface area (Å²) in [6, 6.07) is 12.0. The Balaban J connectivity index is 1.67. The molecule has 1 aliphatic rings. The third kappa shape index (κ3) is 11.7. The average molecular weight is 599 g/mol. The lowest BCUT2D eigenvalue weighted by Gasteiger charge is -2.27. The third-order valence-corrected chi connectivity index (χ3v) is 7.34. The van der Waals surface area contributed by atoms with E-state index in [1.165, 1.54) is 24.3 Å². The van der Waals surface area contributed by atoms with Crippen LogP contribution in [-0.2, 0) is 32.1 Å². The second kappa shape index (κ2) is 17.2. The maximum Gasteiger partial charge on any atom is 0.408 e. The first-order chi connectivity index (χ1) is 20.6. The molecule has 0 aliphatic carbocycles. The van der Waals surface area contributed by atoms with Crippen LogP contribution in [0, 0.1) is 17.7 Å².